The molecule has 1 atom stereocenters. The summed E-state index contributed by atoms with van der Waals surface area (Å²) >= 11 is 5.87. The van der Waals surface area contributed by atoms with E-state index in [4.69, 9.17) is 16.3 Å². The zero-order valence-corrected chi connectivity index (χ0v) is 13.4. The van der Waals surface area contributed by atoms with Crippen molar-refractivity contribution >= 4 is 17.5 Å². The molecule has 1 aromatic heterocycles. The van der Waals surface area contributed by atoms with Crippen LogP contribution < -0.4 is 10.1 Å². The molecule has 3 rings (SSSR count). The Kier molecular flexibility index (Phi) is 4.52. The number of fused-ring (bicyclic) bond motifs is 1. The molecule has 0 spiro atoms. The van der Waals surface area contributed by atoms with E-state index in [-0.39, 0.29) is 29.3 Å². The third-order valence-corrected chi connectivity index (χ3v) is 4.26. The molecule has 1 aliphatic rings. The lowest BCUT2D eigenvalue weighted by molar-refractivity contribution is -0.123. The first-order valence-electron chi connectivity index (χ1n) is 7.42. The summed E-state index contributed by atoms with van der Waals surface area (Å²) < 4.78 is 20.2. The van der Waals surface area contributed by atoms with Crippen molar-refractivity contribution in [3.8, 4) is 5.75 Å². The largest absolute Gasteiger partial charge is 0.482 e. The fourth-order valence-corrected chi connectivity index (χ4v) is 3.05. The predicted octanol–water partition coefficient (Wildman–Crippen LogP) is 2.79. The summed E-state index contributed by atoms with van der Waals surface area (Å²) in [6, 6.07) is 3.75. The van der Waals surface area contributed by atoms with Crippen LogP contribution in [0, 0.1) is 5.82 Å². The van der Waals surface area contributed by atoms with E-state index in [1.165, 1.54) is 12.1 Å². The van der Waals surface area contributed by atoms with Crippen LogP contribution in [0.1, 0.15) is 30.1 Å². The Hall–Kier alpha value is -2.08. The number of amides is 1. The molecule has 1 heterocycles. The average Bonchev–Trinajstić information content (AvgIpc) is 2.89. The van der Waals surface area contributed by atoms with Crippen molar-refractivity contribution in [3.63, 3.8) is 0 Å². The normalized spacial score (nSPS) is 16.7. The number of hydrogen-bond acceptors (Lipinski definition) is 3. The standard InChI is InChI=1S/C16H17ClFN3O2/c1-21-14-4-2-3-13(11(14)8-19-21)20-16(22)9-23-15-6-5-10(18)7-12(15)17/h5-8,13H,2-4,9H2,1H3,(H,20,22). The Morgan fingerprint density at radius 2 is 2.39 bits per heavy atom. The predicted molar refractivity (Wildman–Crippen MR) is 83.9 cm³/mol. The van der Waals surface area contributed by atoms with E-state index >= 15 is 0 Å². The Balaban J connectivity index is 1.60. The van der Waals surface area contributed by atoms with Gasteiger partial charge < -0.3 is 10.1 Å². The second kappa shape index (κ2) is 6.58. The molecule has 1 N–H and O–H groups in total. The maximum atomic E-state index is 13.0. The van der Waals surface area contributed by atoms with Crippen LogP contribution in [0.2, 0.25) is 5.02 Å². The van der Waals surface area contributed by atoms with Crippen LogP contribution in [-0.4, -0.2) is 22.3 Å². The summed E-state index contributed by atoms with van der Waals surface area (Å²) in [6.07, 6.45) is 4.65. The number of rotatable bonds is 4. The van der Waals surface area contributed by atoms with Gasteiger partial charge in [0.15, 0.2) is 6.61 Å². The molecule has 0 bridgehead atoms. The molecule has 0 aliphatic heterocycles. The van der Waals surface area contributed by atoms with E-state index in [0.717, 1.165) is 36.6 Å². The third-order valence-electron chi connectivity index (χ3n) is 3.96. The topological polar surface area (TPSA) is 56.2 Å². The number of aryl methyl sites for hydroxylation is 1. The average molecular weight is 338 g/mol. The second-order valence-corrected chi connectivity index (χ2v) is 5.95. The summed E-state index contributed by atoms with van der Waals surface area (Å²) in [5.41, 5.74) is 2.22. The van der Waals surface area contributed by atoms with E-state index in [1.54, 1.807) is 6.20 Å². The molecule has 122 valence electrons. The van der Waals surface area contributed by atoms with Crippen molar-refractivity contribution in [3.05, 3.63) is 46.5 Å². The summed E-state index contributed by atoms with van der Waals surface area (Å²) in [7, 11) is 1.91. The highest BCUT2D eigenvalue weighted by Crippen LogP contribution is 2.29. The van der Waals surface area contributed by atoms with Gasteiger partial charge in [0.2, 0.25) is 0 Å². The van der Waals surface area contributed by atoms with Gasteiger partial charge in [0.1, 0.15) is 11.6 Å². The fraction of sp³-hybridized carbons (Fsp3) is 0.375. The van der Waals surface area contributed by atoms with E-state index in [2.05, 4.69) is 10.4 Å². The van der Waals surface area contributed by atoms with Crippen LogP contribution >= 0.6 is 11.6 Å². The molecular weight excluding hydrogens is 321 g/mol. The van der Waals surface area contributed by atoms with E-state index in [0.29, 0.717) is 0 Å². The van der Waals surface area contributed by atoms with Gasteiger partial charge in [0.05, 0.1) is 17.3 Å². The number of aromatic nitrogens is 2. The first kappa shape index (κ1) is 15.8. The molecule has 23 heavy (non-hydrogen) atoms. The second-order valence-electron chi connectivity index (χ2n) is 5.55. The molecule has 0 saturated heterocycles. The number of nitrogens with zero attached hydrogens (tertiary/aromatic N) is 2. The number of ether oxygens (including phenoxy) is 1. The summed E-state index contributed by atoms with van der Waals surface area (Å²) in [4.78, 5) is 12.1. The Bertz CT molecular complexity index is 732. The minimum Gasteiger partial charge on any atom is -0.482 e. The zero-order chi connectivity index (χ0) is 16.4. The van der Waals surface area contributed by atoms with Gasteiger partial charge in [-0.3, -0.25) is 9.48 Å². The molecule has 5 nitrogen and oxygen atoms in total. The van der Waals surface area contributed by atoms with Gasteiger partial charge in [-0.2, -0.15) is 5.10 Å². The summed E-state index contributed by atoms with van der Waals surface area (Å²) in [5.74, 6) is -0.404. The number of benzene rings is 1. The molecule has 7 heteroatoms. The molecule has 0 fully saturated rings. The lowest BCUT2D eigenvalue weighted by Crippen LogP contribution is -2.34. The highest BCUT2D eigenvalue weighted by Gasteiger charge is 2.24. The van der Waals surface area contributed by atoms with Crippen LogP contribution in [-0.2, 0) is 18.3 Å². The molecular formula is C16H17ClFN3O2. The molecule has 1 unspecified atom stereocenters. The number of nitrogens with one attached hydrogen (secondary N) is 1. The monoisotopic (exact) mass is 337 g/mol. The molecule has 0 radical (unpaired) electrons. The number of carbonyl (C=O) groups is 1. The maximum absolute atomic E-state index is 13.0. The van der Waals surface area contributed by atoms with Crippen molar-refractivity contribution < 1.29 is 13.9 Å². The van der Waals surface area contributed by atoms with Crippen LogP contribution in [0.4, 0.5) is 4.39 Å². The van der Waals surface area contributed by atoms with E-state index < -0.39 is 5.82 Å². The van der Waals surface area contributed by atoms with Gasteiger partial charge in [-0.1, -0.05) is 11.6 Å². The van der Waals surface area contributed by atoms with Gasteiger partial charge in [-0.25, -0.2) is 4.39 Å². The minimum atomic E-state index is -0.446. The van der Waals surface area contributed by atoms with Crippen LogP contribution in [0.5, 0.6) is 5.75 Å². The molecule has 0 saturated carbocycles. The lowest BCUT2D eigenvalue weighted by atomic mass is 9.93. The first-order chi connectivity index (χ1) is 11.0. The van der Waals surface area contributed by atoms with Gasteiger partial charge in [0.25, 0.3) is 5.91 Å². The highest BCUT2D eigenvalue weighted by atomic mass is 35.5. The van der Waals surface area contributed by atoms with Crippen molar-refractivity contribution in [1.82, 2.24) is 15.1 Å². The van der Waals surface area contributed by atoms with Gasteiger partial charge in [0, 0.05) is 18.3 Å². The zero-order valence-electron chi connectivity index (χ0n) is 12.7. The van der Waals surface area contributed by atoms with Crippen LogP contribution in [0.15, 0.2) is 24.4 Å². The maximum Gasteiger partial charge on any atom is 0.258 e. The fourth-order valence-electron chi connectivity index (χ4n) is 2.83. The van der Waals surface area contributed by atoms with Gasteiger partial charge in [-0.15, -0.1) is 0 Å². The highest BCUT2D eigenvalue weighted by molar-refractivity contribution is 6.32. The van der Waals surface area contributed by atoms with Crippen LogP contribution in [0.3, 0.4) is 0 Å². The van der Waals surface area contributed by atoms with E-state index in [9.17, 15) is 9.18 Å². The molecule has 1 aromatic carbocycles. The quantitative estimate of drug-likeness (QED) is 0.933. The van der Waals surface area contributed by atoms with Gasteiger partial charge in [-0.05, 0) is 37.5 Å². The van der Waals surface area contributed by atoms with Crippen molar-refractivity contribution in [2.24, 2.45) is 7.05 Å². The minimum absolute atomic E-state index is 0.0489. The Labute approximate surface area is 138 Å². The SMILES string of the molecule is Cn1ncc2c1CCCC2NC(=O)COc1ccc(F)cc1Cl. The Morgan fingerprint density at radius 3 is 3.17 bits per heavy atom. The first-order valence-corrected chi connectivity index (χ1v) is 7.80. The molecule has 1 aliphatic carbocycles. The van der Waals surface area contributed by atoms with Crippen LogP contribution in [0.25, 0.3) is 0 Å². The Morgan fingerprint density at radius 1 is 1.57 bits per heavy atom. The summed E-state index contributed by atoms with van der Waals surface area (Å²) in [6.45, 7) is -0.169. The lowest BCUT2D eigenvalue weighted by Gasteiger charge is -2.23. The van der Waals surface area contributed by atoms with Crippen molar-refractivity contribution in [2.75, 3.05) is 6.61 Å². The number of carbonyl (C=O) groups excluding carboxylic acids is 1. The van der Waals surface area contributed by atoms with Crippen molar-refractivity contribution in [1.29, 1.82) is 0 Å². The molecule has 2 aromatic rings. The number of hydrogen-bond donors (Lipinski definition) is 1. The smallest absolute Gasteiger partial charge is 0.258 e. The van der Waals surface area contributed by atoms with Crippen molar-refractivity contribution in [2.45, 2.75) is 25.3 Å². The van der Waals surface area contributed by atoms with E-state index in [1.807, 2.05) is 11.7 Å². The number of halogens is 2. The van der Waals surface area contributed by atoms with Gasteiger partial charge >= 0.3 is 0 Å². The third kappa shape index (κ3) is 3.47. The molecule has 1 amide bonds. The summed E-state index contributed by atoms with van der Waals surface area (Å²) in [5, 5.41) is 7.35.